The minimum atomic E-state index is -0.615. The quantitative estimate of drug-likeness (QED) is 0.781. The molecule has 0 aromatic heterocycles. The van der Waals surface area contributed by atoms with E-state index in [4.69, 9.17) is 4.74 Å². The van der Waals surface area contributed by atoms with E-state index in [1.807, 2.05) is 18.7 Å². The van der Waals surface area contributed by atoms with Crippen molar-refractivity contribution in [1.29, 1.82) is 0 Å². The zero-order valence-corrected chi connectivity index (χ0v) is 14.8. The lowest BCUT2D eigenvalue weighted by Crippen LogP contribution is -2.51. The summed E-state index contributed by atoms with van der Waals surface area (Å²) in [5.41, 5.74) is -0.615. The average Bonchev–Trinajstić information content (AvgIpc) is 3.04. The Bertz CT molecular complexity index is 516. The zero-order valence-electron chi connectivity index (χ0n) is 14.8. The summed E-state index contributed by atoms with van der Waals surface area (Å²) in [4.78, 5) is 30.2. The summed E-state index contributed by atoms with van der Waals surface area (Å²) in [5, 5.41) is 3.59. The van der Waals surface area contributed by atoms with E-state index in [-0.39, 0.29) is 24.0 Å². The summed E-state index contributed by atoms with van der Waals surface area (Å²) in [6, 6.07) is 0.369. The molecule has 6 heteroatoms. The molecule has 4 rings (SSSR count). The monoisotopic (exact) mass is 335 g/mol. The number of urea groups is 1. The molecule has 134 valence electrons. The molecule has 3 amide bonds. The molecule has 0 aromatic rings. The van der Waals surface area contributed by atoms with Crippen molar-refractivity contribution in [3.8, 4) is 0 Å². The number of fused-ring (bicyclic) bond motifs is 1. The van der Waals surface area contributed by atoms with Crippen LogP contribution in [0.25, 0.3) is 0 Å². The minimum absolute atomic E-state index is 0.00922. The third-order valence-electron chi connectivity index (χ3n) is 6.45. The number of ether oxygens (including phenoxy) is 1. The number of carbonyl (C=O) groups is 2. The van der Waals surface area contributed by atoms with Gasteiger partial charge >= 0.3 is 6.03 Å². The first-order chi connectivity index (χ1) is 11.5. The Morgan fingerprint density at radius 1 is 1.17 bits per heavy atom. The van der Waals surface area contributed by atoms with E-state index >= 15 is 0 Å². The fourth-order valence-electron chi connectivity index (χ4n) is 5.45. The summed E-state index contributed by atoms with van der Waals surface area (Å²) in [7, 11) is 0. The third-order valence-corrected chi connectivity index (χ3v) is 6.45. The number of rotatable bonds is 2. The molecule has 0 bridgehead atoms. The standard InChI is InChI=1S/C18H29N3O3/c1-12(2)21-17(23)20(14-5-8-24-9-6-14)16(22)18(21)10-13-4-3-7-19-15(13)11-18/h12-15,19H,3-11H2,1-2H3. The molecule has 1 saturated carbocycles. The van der Waals surface area contributed by atoms with Gasteiger partial charge in [-0.2, -0.15) is 0 Å². The lowest BCUT2D eigenvalue weighted by Gasteiger charge is -2.34. The van der Waals surface area contributed by atoms with Crippen LogP contribution < -0.4 is 5.32 Å². The molecular weight excluding hydrogens is 306 g/mol. The van der Waals surface area contributed by atoms with E-state index in [9.17, 15) is 9.59 Å². The van der Waals surface area contributed by atoms with E-state index in [0.29, 0.717) is 25.2 Å². The first-order valence-corrected chi connectivity index (χ1v) is 9.53. The largest absolute Gasteiger partial charge is 0.381 e. The van der Waals surface area contributed by atoms with Gasteiger partial charge in [0.2, 0.25) is 0 Å². The highest BCUT2D eigenvalue weighted by atomic mass is 16.5. The van der Waals surface area contributed by atoms with Crippen LogP contribution in [0.2, 0.25) is 0 Å². The molecule has 3 heterocycles. The van der Waals surface area contributed by atoms with Gasteiger partial charge in [-0.05, 0) is 64.8 Å². The highest BCUT2D eigenvalue weighted by molar-refractivity contribution is 6.07. The van der Waals surface area contributed by atoms with Gasteiger partial charge in [0.1, 0.15) is 5.54 Å². The second-order valence-electron chi connectivity index (χ2n) is 8.17. The highest BCUT2D eigenvalue weighted by Gasteiger charge is 2.64. The number of hydrogen-bond acceptors (Lipinski definition) is 4. The van der Waals surface area contributed by atoms with Crippen LogP contribution in [-0.2, 0) is 9.53 Å². The van der Waals surface area contributed by atoms with Gasteiger partial charge in [-0.15, -0.1) is 0 Å². The van der Waals surface area contributed by atoms with Crippen molar-refractivity contribution < 1.29 is 14.3 Å². The topological polar surface area (TPSA) is 61.9 Å². The number of amides is 3. The summed E-state index contributed by atoms with van der Waals surface area (Å²) in [5.74, 6) is 0.579. The lowest BCUT2D eigenvalue weighted by atomic mass is 9.90. The molecule has 4 fully saturated rings. The number of piperidine rings is 1. The number of nitrogens with zero attached hydrogens (tertiary/aromatic N) is 2. The molecular formula is C18H29N3O3. The molecule has 24 heavy (non-hydrogen) atoms. The molecule has 1 aliphatic carbocycles. The Balaban J connectivity index is 1.67. The average molecular weight is 335 g/mol. The number of nitrogens with one attached hydrogen (secondary N) is 1. The second kappa shape index (κ2) is 5.99. The van der Waals surface area contributed by atoms with E-state index in [2.05, 4.69) is 5.32 Å². The summed E-state index contributed by atoms with van der Waals surface area (Å²) in [6.07, 6.45) is 5.48. The Morgan fingerprint density at radius 3 is 2.58 bits per heavy atom. The van der Waals surface area contributed by atoms with Gasteiger partial charge < -0.3 is 15.0 Å². The maximum atomic E-state index is 13.5. The van der Waals surface area contributed by atoms with Gasteiger partial charge in [0.05, 0.1) is 0 Å². The van der Waals surface area contributed by atoms with Gasteiger partial charge in [-0.25, -0.2) is 4.79 Å². The number of imide groups is 1. The van der Waals surface area contributed by atoms with E-state index in [0.717, 1.165) is 32.2 Å². The summed E-state index contributed by atoms with van der Waals surface area (Å²) < 4.78 is 5.43. The highest BCUT2D eigenvalue weighted by Crippen LogP contribution is 2.48. The smallest absolute Gasteiger partial charge is 0.328 e. The SMILES string of the molecule is CC(C)N1C(=O)N(C2CCOCC2)C(=O)C12CC1CCCNC1C2. The van der Waals surface area contributed by atoms with E-state index < -0.39 is 5.54 Å². The van der Waals surface area contributed by atoms with Crippen molar-refractivity contribution in [2.24, 2.45) is 5.92 Å². The fraction of sp³-hybridized carbons (Fsp3) is 0.889. The van der Waals surface area contributed by atoms with Crippen molar-refractivity contribution >= 4 is 11.9 Å². The summed E-state index contributed by atoms with van der Waals surface area (Å²) >= 11 is 0. The van der Waals surface area contributed by atoms with Crippen LogP contribution in [-0.4, -0.2) is 65.2 Å². The predicted molar refractivity (Wildman–Crippen MR) is 89.5 cm³/mol. The Hall–Kier alpha value is -1.14. The van der Waals surface area contributed by atoms with Gasteiger partial charge in [-0.1, -0.05) is 0 Å². The van der Waals surface area contributed by atoms with Crippen LogP contribution >= 0.6 is 0 Å². The molecule has 3 aliphatic heterocycles. The maximum Gasteiger partial charge on any atom is 0.328 e. The molecule has 1 N–H and O–H groups in total. The Kier molecular flexibility index (Phi) is 4.07. The minimum Gasteiger partial charge on any atom is -0.381 e. The van der Waals surface area contributed by atoms with Crippen LogP contribution in [0, 0.1) is 5.92 Å². The van der Waals surface area contributed by atoms with E-state index in [1.54, 1.807) is 4.90 Å². The van der Waals surface area contributed by atoms with Crippen LogP contribution in [0.1, 0.15) is 52.4 Å². The second-order valence-corrected chi connectivity index (χ2v) is 8.17. The molecule has 3 unspecified atom stereocenters. The molecule has 0 aromatic carbocycles. The first kappa shape index (κ1) is 16.3. The third kappa shape index (κ3) is 2.30. The Labute approximate surface area is 143 Å². The van der Waals surface area contributed by atoms with E-state index in [1.165, 1.54) is 12.8 Å². The van der Waals surface area contributed by atoms with Crippen molar-refractivity contribution in [2.45, 2.75) is 76.0 Å². The van der Waals surface area contributed by atoms with Crippen molar-refractivity contribution in [1.82, 2.24) is 15.1 Å². The molecule has 0 radical (unpaired) electrons. The van der Waals surface area contributed by atoms with Crippen LogP contribution in [0.5, 0.6) is 0 Å². The molecule has 3 saturated heterocycles. The predicted octanol–water partition coefficient (Wildman–Crippen LogP) is 1.74. The number of carbonyl (C=O) groups excluding carboxylic acids is 2. The van der Waals surface area contributed by atoms with Crippen molar-refractivity contribution in [3.63, 3.8) is 0 Å². The molecule has 4 aliphatic rings. The molecule has 3 atom stereocenters. The number of hydrogen-bond donors (Lipinski definition) is 1. The molecule has 1 spiro atoms. The first-order valence-electron chi connectivity index (χ1n) is 9.53. The Morgan fingerprint density at radius 2 is 1.92 bits per heavy atom. The normalized spacial score (nSPS) is 37.8. The van der Waals surface area contributed by atoms with Gasteiger partial charge in [0.25, 0.3) is 5.91 Å². The van der Waals surface area contributed by atoms with Crippen molar-refractivity contribution in [3.05, 3.63) is 0 Å². The van der Waals surface area contributed by atoms with Gasteiger partial charge in [0.15, 0.2) is 0 Å². The zero-order chi connectivity index (χ0) is 16.9. The van der Waals surface area contributed by atoms with Crippen LogP contribution in [0.15, 0.2) is 0 Å². The maximum absolute atomic E-state index is 13.5. The van der Waals surface area contributed by atoms with Gasteiger partial charge in [0, 0.05) is 31.3 Å². The summed E-state index contributed by atoms with van der Waals surface area (Å²) in [6.45, 7) is 6.39. The van der Waals surface area contributed by atoms with Crippen LogP contribution in [0.4, 0.5) is 4.79 Å². The molecule has 6 nitrogen and oxygen atoms in total. The van der Waals surface area contributed by atoms with Gasteiger partial charge in [-0.3, -0.25) is 9.69 Å². The van der Waals surface area contributed by atoms with Crippen molar-refractivity contribution in [2.75, 3.05) is 19.8 Å². The lowest BCUT2D eigenvalue weighted by molar-refractivity contribution is -0.136. The fourth-order valence-corrected chi connectivity index (χ4v) is 5.45. The van der Waals surface area contributed by atoms with Crippen LogP contribution in [0.3, 0.4) is 0 Å².